The molecule has 0 aliphatic carbocycles. The first-order chi connectivity index (χ1) is 41.6. The first-order valence-corrected chi connectivity index (χ1v) is 30.8. The molecule has 0 saturated carbocycles. The smallest absolute Gasteiger partial charge is 0.319 e. The highest BCUT2D eigenvalue weighted by molar-refractivity contribution is 6.32. The average molecular weight is 1190 g/mol. The van der Waals surface area contributed by atoms with Crippen LogP contribution in [0.5, 0.6) is 34.5 Å². The van der Waals surface area contributed by atoms with Crippen LogP contribution in [0.25, 0.3) is 0 Å². The van der Waals surface area contributed by atoms with Gasteiger partial charge in [-0.05, 0) is 212 Å². The number of nitrogens with one attached hydrogen (secondary N) is 6. The minimum atomic E-state index is -0.269. The second-order valence-corrected chi connectivity index (χ2v) is 23.2. The minimum absolute atomic E-state index is 0.124. The molecule has 17 nitrogen and oxygen atoms in total. The van der Waals surface area contributed by atoms with Crippen molar-refractivity contribution in [3.05, 3.63) is 155 Å². The molecule has 456 valence electrons. The van der Waals surface area contributed by atoms with Gasteiger partial charge in [0.15, 0.2) is 11.4 Å². The number of amides is 6. The number of halogens is 1. The number of urea groups is 2. The lowest BCUT2D eigenvalue weighted by Gasteiger charge is -2.42. The molecule has 4 bridgehead atoms. The molecule has 6 aromatic carbocycles. The van der Waals surface area contributed by atoms with E-state index in [-0.39, 0.29) is 47.4 Å². The summed E-state index contributed by atoms with van der Waals surface area (Å²) in [7, 11) is 5.94. The Labute approximate surface area is 511 Å². The maximum atomic E-state index is 12.9. The number of anilines is 4. The van der Waals surface area contributed by atoms with E-state index in [4.69, 9.17) is 35.3 Å². The number of benzene rings is 6. The number of fused-ring (bicyclic) bond motifs is 4. The van der Waals surface area contributed by atoms with E-state index in [1.165, 1.54) is 38.5 Å². The molecular formula is C68H83ClN8O9. The van der Waals surface area contributed by atoms with Gasteiger partial charge in [-0.2, -0.15) is 0 Å². The largest absolute Gasteiger partial charge is 0.473 e. The molecule has 18 heteroatoms. The van der Waals surface area contributed by atoms with Crippen molar-refractivity contribution >= 4 is 58.2 Å². The first-order valence-electron chi connectivity index (χ1n) is 30.4. The lowest BCUT2D eigenvalue weighted by molar-refractivity contribution is -0.0825. The highest BCUT2D eigenvalue weighted by atomic mass is 35.5. The van der Waals surface area contributed by atoms with E-state index in [2.05, 4.69) is 55.8 Å². The fourth-order valence-electron chi connectivity index (χ4n) is 12.1. The SMILES string of the molecule is CCC(CC)NC(=O)Nc1ccc(Oc2ccc(NC(=O)c3ccc(OC45CCCC(CC4)N5C)cc3)cc2)c(COC)c1.CCC(CC)NC(=O)Nc1ccc(Oc2ccc(NC(=O)c3ccc(OC45CCCC(CC4)N5C)cc3)cc2)c(Cl)c1. The maximum absolute atomic E-state index is 12.9. The number of hydrogen-bond donors (Lipinski definition) is 6. The standard InChI is InChI=1S/C35H44N4O5.C33H39ClN4O4/c1-5-26(6-2)37-34(41)38-28-13-18-32(25(22-28)23-42-4)43-30-16-11-27(12-17-30)36-33(40)24-9-14-31(15-10-24)44-35-20-7-8-29(19-21-35)39(35)3;1-4-23(5-2)36-32(40)37-25-12-17-30(29(34)21-25)41-27-15-10-24(11-16-27)35-31(39)22-8-13-28(14-9-22)42-33-19-6-7-26(18-20-33)38(33)3/h9-18,22,26,29H,5-8,19-21,23H2,1-4H3,(H,36,40)(H2,37,38,41);8-17,21,23,26H,4-7,18-20H2,1-3H3,(H,35,39)(H2,36,37,40). The van der Waals surface area contributed by atoms with E-state index < -0.39 is 0 Å². The number of piperidine rings is 2. The summed E-state index contributed by atoms with van der Waals surface area (Å²) in [6, 6.07) is 40.5. The molecule has 0 aromatic heterocycles. The van der Waals surface area contributed by atoms with E-state index in [0.29, 0.717) is 80.6 Å². The van der Waals surface area contributed by atoms with Crippen LogP contribution in [0.2, 0.25) is 5.02 Å². The normalized spacial score (nSPS) is 19.6. The van der Waals surface area contributed by atoms with Crippen molar-refractivity contribution in [2.75, 3.05) is 42.5 Å². The lowest BCUT2D eigenvalue weighted by Crippen LogP contribution is -2.51. The fourth-order valence-corrected chi connectivity index (χ4v) is 12.3. The predicted molar refractivity (Wildman–Crippen MR) is 339 cm³/mol. The predicted octanol–water partition coefficient (Wildman–Crippen LogP) is 15.6. The van der Waals surface area contributed by atoms with E-state index >= 15 is 0 Å². The molecule has 4 atom stereocenters. The quantitative estimate of drug-likeness (QED) is 0.0379. The number of carbonyl (C=O) groups excluding carboxylic acids is 4. The van der Waals surface area contributed by atoms with E-state index in [0.717, 1.165) is 68.4 Å². The van der Waals surface area contributed by atoms with Crippen molar-refractivity contribution in [3.8, 4) is 34.5 Å². The van der Waals surface area contributed by atoms with Gasteiger partial charge in [0.05, 0.1) is 11.6 Å². The summed E-state index contributed by atoms with van der Waals surface area (Å²) in [5.41, 5.74) is 3.98. The Morgan fingerprint density at radius 2 is 0.895 bits per heavy atom. The Morgan fingerprint density at radius 3 is 1.31 bits per heavy atom. The Kier molecular flexibility index (Phi) is 21.2. The van der Waals surface area contributed by atoms with Crippen LogP contribution in [0.4, 0.5) is 32.3 Å². The number of carbonyl (C=O) groups is 4. The summed E-state index contributed by atoms with van der Waals surface area (Å²) < 4.78 is 30.4. The van der Waals surface area contributed by atoms with Gasteiger partial charge in [-0.3, -0.25) is 19.4 Å². The monoisotopic (exact) mass is 1190 g/mol. The van der Waals surface area contributed by atoms with Crippen molar-refractivity contribution in [2.45, 2.75) is 160 Å². The summed E-state index contributed by atoms with van der Waals surface area (Å²) in [4.78, 5) is 55.2. The first kappa shape index (κ1) is 62.7. The van der Waals surface area contributed by atoms with Gasteiger partial charge in [0.1, 0.15) is 34.5 Å². The molecule has 4 fully saturated rings. The van der Waals surface area contributed by atoms with Gasteiger partial charge in [-0.1, -0.05) is 39.3 Å². The topological polar surface area (TPSA) is 193 Å². The Hall–Kier alpha value is -7.83. The van der Waals surface area contributed by atoms with Gasteiger partial charge in [-0.25, -0.2) is 9.59 Å². The molecule has 4 unspecified atom stereocenters. The van der Waals surface area contributed by atoms with Crippen LogP contribution < -0.4 is 50.8 Å². The van der Waals surface area contributed by atoms with Crippen LogP contribution in [-0.4, -0.2) is 90.5 Å². The van der Waals surface area contributed by atoms with Gasteiger partial charge < -0.3 is 55.6 Å². The molecule has 6 aromatic rings. The average Bonchev–Trinajstić information content (AvgIpc) is 2.15. The van der Waals surface area contributed by atoms with Gasteiger partial charge >= 0.3 is 12.1 Å². The molecule has 4 aliphatic heterocycles. The number of rotatable bonds is 22. The van der Waals surface area contributed by atoms with E-state index in [1.54, 1.807) is 110 Å². The zero-order chi connectivity index (χ0) is 60.8. The third-order valence-electron chi connectivity index (χ3n) is 17.3. The van der Waals surface area contributed by atoms with Crippen molar-refractivity contribution in [3.63, 3.8) is 0 Å². The number of ether oxygens (including phenoxy) is 5. The second kappa shape index (κ2) is 29.0. The third-order valence-corrected chi connectivity index (χ3v) is 17.6. The van der Waals surface area contributed by atoms with Gasteiger partial charge in [0.2, 0.25) is 0 Å². The molecule has 6 N–H and O–H groups in total. The molecular weight excluding hydrogens is 1110 g/mol. The van der Waals surface area contributed by atoms with Gasteiger partial charge in [0, 0.05) is 96.4 Å². The highest BCUT2D eigenvalue weighted by Crippen LogP contribution is 2.45. The zero-order valence-electron chi connectivity index (χ0n) is 50.6. The number of nitrogens with zero attached hydrogens (tertiary/aromatic N) is 2. The molecule has 6 amide bonds. The maximum Gasteiger partial charge on any atom is 0.319 e. The van der Waals surface area contributed by atoms with E-state index in [1.807, 2.05) is 58.0 Å². The summed E-state index contributed by atoms with van der Waals surface area (Å²) in [6.45, 7) is 8.47. The summed E-state index contributed by atoms with van der Waals surface area (Å²) >= 11 is 6.42. The second-order valence-electron chi connectivity index (χ2n) is 22.8. The summed E-state index contributed by atoms with van der Waals surface area (Å²) in [5, 5.41) is 17.8. The third kappa shape index (κ3) is 15.8. The molecule has 0 radical (unpaired) electrons. The molecule has 4 heterocycles. The Morgan fingerprint density at radius 1 is 0.500 bits per heavy atom. The fraction of sp³-hybridized carbons (Fsp3) is 0.412. The van der Waals surface area contributed by atoms with Crippen LogP contribution in [0, 0.1) is 0 Å². The number of hydrogen-bond acceptors (Lipinski definition) is 11. The summed E-state index contributed by atoms with van der Waals surface area (Å²) in [6.07, 6.45) is 14.8. The van der Waals surface area contributed by atoms with Crippen molar-refractivity contribution in [1.82, 2.24) is 20.4 Å². The Balaban J connectivity index is 0.000000206. The molecule has 4 saturated heterocycles. The van der Waals surface area contributed by atoms with Crippen LogP contribution in [0.3, 0.4) is 0 Å². The van der Waals surface area contributed by atoms with Crippen LogP contribution in [0.15, 0.2) is 133 Å². The lowest BCUT2D eigenvalue weighted by atomic mass is 10.0. The number of methoxy groups -OCH3 is 1. The van der Waals surface area contributed by atoms with E-state index in [9.17, 15) is 19.2 Å². The Bertz CT molecular complexity index is 3240. The van der Waals surface area contributed by atoms with Crippen LogP contribution in [0.1, 0.15) is 144 Å². The molecule has 86 heavy (non-hydrogen) atoms. The van der Waals surface area contributed by atoms with Crippen LogP contribution >= 0.6 is 11.6 Å². The van der Waals surface area contributed by atoms with Crippen molar-refractivity contribution in [1.29, 1.82) is 0 Å². The zero-order valence-corrected chi connectivity index (χ0v) is 51.3. The molecule has 4 aliphatic rings. The van der Waals surface area contributed by atoms with Crippen molar-refractivity contribution < 1.29 is 42.9 Å². The molecule has 0 spiro atoms. The minimum Gasteiger partial charge on any atom is -0.473 e. The highest BCUT2D eigenvalue weighted by Gasteiger charge is 2.50. The van der Waals surface area contributed by atoms with Crippen LogP contribution in [-0.2, 0) is 11.3 Å². The molecule has 10 rings (SSSR count). The van der Waals surface area contributed by atoms with Gasteiger partial charge in [0.25, 0.3) is 11.8 Å². The summed E-state index contributed by atoms with van der Waals surface area (Å²) in [5.74, 6) is 3.41. The van der Waals surface area contributed by atoms with Gasteiger partial charge in [-0.15, -0.1) is 0 Å². The van der Waals surface area contributed by atoms with Crippen molar-refractivity contribution in [2.24, 2.45) is 0 Å².